The second kappa shape index (κ2) is 6.19. The van der Waals surface area contributed by atoms with E-state index in [1.165, 1.54) is 48.3 Å². The summed E-state index contributed by atoms with van der Waals surface area (Å²) in [6.45, 7) is 2.20. The summed E-state index contributed by atoms with van der Waals surface area (Å²) in [5, 5.41) is 0. The minimum Gasteiger partial charge on any atom is -0.179 e. The predicted octanol–water partition coefficient (Wildman–Crippen LogP) is 4.97. The van der Waals surface area contributed by atoms with E-state index in [4.69, 9.17) is 0 Å². The van der Waals surface area contributed by atoms with E-state index in [0.717, 1.165) is 5.75 Å². The lowest BCUT2D eigenvalue weighted by Crippen LogP contribution is -2.28. The summed E-state index contributed by atoms with van der Waals surface area (Å²) in [5.41, 5.74) is 1.90. The van der Waals surface area contributed by atoms with Crippen molar-refractivity contribution >= 4 is 24.4 Å². The number of benzene rings is 1. The molecule has 0 atom stereocenters. The van der Waals surface area contributed by atoms with E-state index in [1.54, 1.807) is 0 Å². The summed E-state index contributed by atoms with van der Waals surface area (Å²) >= 11 is 6.64. The first-order valence-electron chi connectivity index (χ1n) is 6.55. The lowest BCUT2D eigenvalue weighted by atomic mass is 9.77. The van der Waals surface area contributed by atoms with E-state index in [1.807, 2.05) is 11.8 Å². The van der Waals surface area contributed by atoms with E-state index >= 15 is 0 Å². The topological polar surface area (TPSA) is 0 Å². The number of hydrogen-bond acceptors (Lipinski definition) is 2. The fraction of sp³-hybridized carbons (Fsp3) is 0.600. The zero-order valence-corrected chi connectivity index (χ0v) is 12.3. The number of thiol groups is 1. The minimum atomic E-state index is 0.494. The molecule has 1 aromatic rings. The Kier molecular flexibility index (Phi) is 4.87. The molecule has 0 N–H and O–H groups in total. The van der Waals surface area contributed by atoms with Crippen LogP contribution >= 0.6 is 24.4 Å². The molecule has 0 unspecified atom stereocenters. The Morgan fingerprint density at radius 2 is 1.88 bits per heavy atom. The monoisotopic (exact) mass is 266 g/mol. The van der Waals surface area contributed by atoms with Crippen LogP contribution in [0.5, 0.6) is 0 Å². The average Bonchev–Trinajstić information content (AvgIpc) is 2.39. The van der Waals surface area contributed by atoms with E-state index in [9.17, 15) is 0 Å². The van der Waals surface area contributed by atoms with Gasteiger partial charge in [0.2, 0.25) is 0 Å². The van der Waals surface area contributed by atoms with E-state index in [-0.39, 0.29) is 0 Å². The van der Waals surface area contributed by atoms with Gasteiger partial charge in [-0.05, 0) is 42.6 Å². The maximum atomic E-state index is 4.61. The van der Waals surface area contributed by atoms with Crippen molar-refractivity contribution in [2.24, 2.45) is 5.41 Å². The molecule has 0 radical (unpaired) electrons. The van der Waals surface area contributed by atoms with Crippen molar-refractivity contribution in [3.8, 4) is 0 Å². The molecule has 0 aromatic heterocycles. The first-order chi connectivity index (χ1) is 8.26. The van der Waals surface area contributed by atoms with Crippen LogP contribution in [0.2, 0.25) is 0 Å². The summed E-state index contributed by atoms with van der Waals surface area (Å²) in [6.07, 6.45) is 6.96. The highest BCUT2D eigenvalue weighted by molar-refractivity contribution is 7.99. The number of thioether (sulfide) groups is 1. The molecule has 94 valence electrons. The van der Waals surface area contributed by atoms with Gasteiger partial charge >= 0.3 is 0 Å². The predicted molar refractivity (Wildman–Crippen MR) is 81.3 cm³/mol. The molecule has 1 aliphatic rings. The quantitative estimate of drug-likeness (QED) is 0.593. The van der Waals surface area contributed by atoms with Crippen LogP contribution in [-0.2, 0) is 0 Å². The van der Waals surface area contributed by atoms with Gasteiger partial charge in [0.25, 0.3) is 0 Å². The van der Waals surface area contributed by atoms with Gasteiger partial charge in [0.1, 0.15) is 0 Å². The maximum absolute atomic E-state index is 4.61. The van der Waals surface area contributed by atoms with E-state index in [0.29, 0.717) is 5.41 Å². The highest BCUT2D eigenvalue weighted by atomic mass is 32.2. The third-order valence-electron chi connectivity index (χ3n) is 3.88. The lowest BCUT2D eigenvalue weighted by molar-refractivity contribution is 0.259. The molecular formula is C15H22S2. The highest BCUT2D eigenvalue weighted by Gasteiger charge is 2.30. The van der Waals surface area contributed by atoms with Gasteiger partial charge < -0.3 is 0 Å². The van der Waals surface area contributed by atoms with Crippen molar-refractivity contribution in [1.82, 2.24) is 0 Å². The zero-order chi connectivity index (χ0) is 12.1. The van der Waals surface area contributed by atoms with Gasteiger partial charge in [-0.3, -0.25) is 0 Å². The molecule has 0 aliphatic heterocycles. The molecule has 1 fully saturated rings. The fourth-order valence-electron chi connectivity index (χ4n) is 2.60. The van der Waals surface area contributed by atoms with Crippen LogP contribution in [0.15, 0.2) is 29.2 Å². The first-order valence-corrected chi connectivity index (χ1v) is 8.17. The summed E-state index contributed by atoms with van der Waals surface area (Å²) < 4.78 is 0. The normalized spacial score (nSPS) is 19.2. The Morgan fingerprint density at radius 3 is 2.53 bits per heavy atom. The Labute approximate surface area is 115 Å². The van der Waals surface area contributed by atoms with Crippen LogP contribution in [0.1, 0.15) is 37.7 Å². The zero-order valence-electron chi connectivity index (χ0n) is 10.6. The fourth-order valence-corrected chi connectivity index (χ4v) is 4.50. The SMILES string of the molecule is Cc1ccccc1SCC1(CS)CCCCC1. The Hall–Kier alpha value is -0.0800. The molecule has 0 bridgehead atoms. The van der Waals surface area contributed by atoms with Crippen molar-refractivity contribution in [1.29, 1.82) is 0 Å². The molecule has 17 heavy (non-hydrogen) atoms. The van der Waals surface area contributed by atoms with Gasteiger partial charge in [-0.1, -0.05) is 37.5 Å². The van der Waals surface area contributed by atoms with Crippen LogP contribution in [-0.4, -0.2) is 11.5 Å². The number of rotatable bonds is 4. The summed E-state index contributed by atoms with van der Waals surface area (Å²) in [4.78, 5) is 1.44. The van der Waals surface area contributed by atoms with E-state index in [2.05, 4.69) is 43.8 Å². The smallest absolute Gasteiger partial charge is 0.0101 e. The average molecular weight is 266 g/mol. The Bertz CT molecular complexity index is 354. The summed E-state index contributed by atoms with van der Waals surface area (Å²) in [6, 6.07) is 8.71. The van der Waals surface area contributed by atoms with Crippen molar-refractivity contribution < 1.29 is 0 Å². The summed E-state index contributed by atoms with van der Waals surface area (Å²) in [5.74, 6) is 2.28. The molecular weight excluding hydrogens is 244 g/mol. The van der Waals surface area contributed by atoms with Gasteiger partial charge in [0, 0.05) is 10.6 Å². The first kappa shape index (κ1) is 13.4. The van der Waals surface area contributed by atoms with Crippen molar-refractivity contribution in [3.05, 3.63) is 29.8 Å². The molecule has 1 aromatic carbocycles. The van der Waals surface area contributed by atoms with Crippen molar-refractivity contribution in [2.45, 2.75) is 43.9 Å². The largest absolute Gasteiger partial charge is 0.179 e. The molecule has 1 saturated carbocycles. The van der Waals surface area contributed by atoms with Crippen molar-refractivity contribution in [3.63, 3.8) is 0 Å². The molecule has 0 saturated heterocycles. The van der Waals surface area contributed by atoms with Crippen LogP contribution in [0.25, 0.3) is 0 Å². The third kappa shape index (κ3) is 3.45. The molecule has 1 aliphatic carbocycles. The van der Waals surface area contributed by atoms with Gasteiger partial charge in [0.05, 0.1) is 0 Å². The standard InChI is InChI=1S/C15H22S2/c1-13-7-3-4-8-14(13)17-12-15(11-16)9-5-2-6-10-15/h3-4,7-8,16H,2,5-6,9-12H2,1H3. The van der Waals surface area contributed by atoms with Crippen LogP contribution in [0.3, 0.4) is 0 Å². The molecule has 0 heterocycles. The lowest BCUT2D eigenvalue weighted by Gasteiger charge is -2.35. The van der Waals surface area contributed by atoms with Gasteiger partial charge in [0.15, 0.2) is 0 Å². The summed E-state index contributed by atoms with van der Waals surface area (Å²) in [7, 11) is 0. The van der Waals surface area contributed by atoms with E-state index < -0.39 is 0 Å². The van der Waals surface area contributed by atoms with Crippen LogP contribution in [0.4, 0.5) is 0 Å². The minimum absolute atomic E-state index is 0.494. The van der Waals surface area contributed by atoms with Crippen LogP contribution < -0.4 is 0 Å². The maximum Gasteiger partial charge on any atom is 0.0101 e. The van der Waals surface area contributed by atoms with Gasteiger partial charge in [-0.2, -0.15) is 12.6 Å². The molecule has 0 nitrogen and oxygen atoms in total. The number of hydrogen-bond donors (Lipinski definition) is 1. The van der Waals surface area contributed by atoms with Crippen LogP contribution in [0, 0.1) is 12.3 Å². The second-order valence-electron chi connectivity index (χ2n) is 5.27. The van der Waals surface area contributed by atoms with Crippen molar-refractivity contribution in [2.75, 3.05) is 11.5 Å². The number of aryl methyl sites for hydroxylation is 1. The molecule has 2 heteroatoms. The third-order valence-corrected chi connectivity index (χ3v) is 6.07. The molecule has 2 rings (SSSR count). The molecule has 0 spiro atoms. The molecule has 0 amide bonds. The second-order valence-corrected chi connectivity index (χ2v) is 6.61. The van der Waals surface area contributed by atoms with Gasteiger partial charge in [-0.15, -0.1) is 11.8 Å². The highest BCUT2D eigenvalue weighted by Crippen LogP contribution is 2.41. The van der Waals surface area contributed by atoms with Gasteiger partial charge in [-0.25, -0.2) is 0 Å². The Morgan fingerprint density at radius 1 is 1.18 bits per heavy atom. The Balaban J connectivity index is 1.98.